The van der Waals surface area contributed by atoms with Crippen molar-refractivity contribution in [2.24, 2.45) is 5.92 Å². The number of rotatable bonds is 7. The molecule has 1 fully saturated rings. The van der Waals surface area contributed by atoms with Crippen LogP contribution in [0.5, 0.6) is 5.75 Å². The molecule has 0 atom stereocenters. The summed E-state index contributed by atoms with van der Waals surface area (Å²) in [6.07, 6.45) is 2.82. The number of carbonyl (C=O) groups excluding carboxylic acids is 1. The predicted molar refractivity (Wildman–Crippen MR) is 97.3 cm³/mol. The van der Waals surface area contributed by atoms with Crippen LogP contribution >= 0.6 is 28.3 Å². The van der Waals surface area contributed by atoms with Crippen LogP contribution in [0.3, 0.4) is 0 Å². The van der Waals surface area contributed by atoms with Gasteiger partial charge < -0.3 is 14.4 Å². The molecule has 0 radical (unpaired) electrons. The molecule has 0 bridgehead atoms. The Morgan fingerprint density at radius 3 is 2.52 bits per heavy atom. The molecule has 1 aromatic carbocycles. The second kappa shape index (κ2) is 10.9. The molecule has 0 saturated carbocycles. The molecule has 0 spiro atoms. The van der Waals surface area contributed by atoms with E-state index in [2.05, 4.69) is 20.8 Å². The zero-order valence-corrected chi connectivity index (χ0v) is 15.9. The van der Waals surface area contributed by atoms with Crippen molar-refractivity contribution in [3.05, 3.63) is 28.7 Å². The van der Waals surface area contributed by atoms with Gasteiger partial charge in [-0.05, 0) is 63.5 Å². The molecule has 0 N–H and O–H groups in total. The zero-order valence-electron chi connectivity index (χ0n) is 13.5. The lowest BCUT2D eigenvalue weighted by Crippen LogP contribution is -2.37. The first-order valence-corrected chi connectivity index (χ1v) is 8.75. The lowest BCUT2D eigenvalue weighted by atomic mass is 9.97. The van der Waals surface area contributed by atoms with Crippen LogP contribution in [0.4, 0.5) is 0 Å². The van der Waals surface area contributed by atoms with Gasteiger partial charge in [-0.1, -0.05) is 15.9 Å². The Morgan fingerprint density at radius 2 is 1.91 bits per heavy atom. The van der Waals surface area contributed by atoms with E-state index in [1.807, 2.05) is 31.2 Å². The highest BCUT2D eigenvalue weighted by molar-refractivity contribution is 9.10. The van der Waals surface area contributed by atoms with E-state index in [4.69, 9.17) is 9.47 Å². The molecule has 1 heterocycles. The molecule has 130 valence electrons. The molecule has 0 amide bonds. The smallest absolute Gasteiger partial charge is 0.309 e. The lowest BCUT2D eigenvalue weighted by Gasteiger charge is -2.30. The third kappa shape index (κ3) is 7.10. The number of hydrogen-bond acceptors (Lipinski definition) is 4. The summed E-state index contributed by atoms with van der Waals surface area (Å²) in [6, 6.07) is 7.90. The third-order valence-electron chi connectivity index (χ3n) is 3.91. The van der Waals surface area contributed by atoms with Gasteiger partial charge in [-0.3, -0.25) is 4.79 Å². The Kier molecular flexibility index (Phi) is 9.60. The highest BCUT2D eigenvalue weighted by Gasteiger charge is 2.25. The standard InChI is InChI=1S/C17H24BrNO3.ClH/c1-2-21-17(20)14-8-11-19(12-9-14)10-3-13-22-16-6-4-15(18)5-7-16;/h4-7,14H,2-3,8-13H2,1H3;1H. The zero-order chi connectivity index (χ0) is 15.8. The van der Waals surface area contributed by atoms with Gasteiger partial charge in [-0.15, -0.1) is 12.4 Å². The minimum absolute atomic E-state index is 0. The molecular weight excluding hydrogens is 382 g/mol. The van der Waals surface area contributed by atoms with E-state index in [1.165, 1.54) is 0 Å². The van der Waals surface area contributed by atoms with Crippen molar-refractivity contribution in [2.45, 2.75) is 26.2 Å². The average molecular weight is 407 g/mol. The first kappa shape index (κ1) is 20.3. The molecule has 4 nitrogen and oxygen atoms in total. The Bertz CT molecular complexity index is 461. The van der Waals surface area contributed by atoms with Crippen LogP contribution in [0, 0.1) is 5.92 Å². The van der Waals surface area contributed by atoms with Gasteiger partial charge >= 0.3 is 5.97 Å². The van der Waals surface area contributed by atoms with E-state index in [1.54, 1.807) is 0 Å². The lowest BCUT2D eigenvalue weighted by molar-refractivity contribution is -0.149. The van der Waals surface area contributed by atoms with Crippen LogP contribution in [0.25, 0.3) is 0 Å². The molecule has 6 heteroatoms. The quantitative estimate of drug-likeness (QED) is 0.508. The van der Waals surface area contributed by atoms with Gasteiger partial charge in [0.15, 0.2) is 0 Å². The largest absolute Gasteiger partial charge is 0.494 e. The first-order chi connectivity index (χ1) is 10.7. The van der Waals surface area contributed by atoms with Gasteiger partial charge in [0.25, 0.3) is 0 Å². The molecule has 23 heavy (non-hydrogen) atoms. The number of likely N-dealkylation sites (tertiary alicyclic amines) is 1. The molecule has 0 unspecified atom stereocenters. The van der Waals surface area contributed by atoms with E-state index in [-0.39, 0.29) is 24.3 Å². The van der Waals surface area contributed by atoms with Gasteiger partial charge in [-0.2, -0.15) is 0 Å². The van der Waals surface area contributed by atoms with E-state index < -0.39 is 0 Å². The summed E-state index contributed by atoms with van der Waals surface area (Å²) < 4.78 is 11.9. The van der Waals surface area contributed by atoms with Crippen molar-refractivity contribution in [1.29, 1.82) is 0 Å². The molecule has 1 aliphatic rings. The van der Waals surface area contributed by atoms with Crippen LogP contribution in [0.1, 0.15) is 26.2 Å². The molecule has 0 aliphatic carbocycles. The Balaban J connectivity index is 0.00000264. The van der Waals surface area contributed by atoms with Gasteiger partial charge in [0.1, 0.15) is 5.75 Å². The monoisotopic (exact) mass is 405 g/mol. The highest BCUT2D eigenvalue weighted by Crippen LogP contribution is 2.19. The number of esters is 1. The van der Waals surface area contributed by atoms with Crippen molar-refractivity contribution < 1.29 is 14.3 Å². The first-order valence-electron chi connectivity index (χ1n) is 7.96. The van der Waals surface area contributed by atoms with Gasteiger partial charge in [-0.25, -0.2) is 0 Å². The van der Waals surface area contributed by atoms with Crippen LogP contribution in [-0.4, -0.2) is 43.7 Å². The summed E-state index contributed by atoms with van der Waals surface area (Å²) >= 11 is 3.41. The van der Waals surface area contributed by atoms with Crippen molar-refractivity contribution in [1.82, 2.24) is 4.90 Å². The summed E-state index contributed by atoms with van der Waals surface area (Å²) in [7, 11) is 0. The maximum Gasteiger partial charge on any atom is 0.309 e. The van der Waals surface area contributed by atoms with E-state index in [9.17, 15) is 4.79 Å². The minimum Gasteiger partial charge on any atom is -0.494 e. The fraction of sp³-hybridized carbons (Fsp3) is 0.588. The molecule has 2 rings (SSSR count). The predicted octanol–water partition coefficient (Wildman–Crippen LogP) is 3.91. The molecule has 0 aromatic heterocycles. The maximum atomic E-state index is 11.7. The molecule has 1 saturated heterocycles. The SMILES string of the molecule is CCOC(=O)C1CCN(CCCOc2ccc(Br)cc2)CC1.Cl. The number of ether oxygens (including phenoxy) is 2. The highest BCUT2D eigenvalue weighted by atomic mass is 79.9. The fourth-order valence-electron chi connectivity index (χ4n) is 2.66. The van der Waals surface area contributed by atoms with Gasteiger partial charge in [0.05, 0.1) is 19.1 Å². The topological polar surface area (TPSA) is 38.8 Å². The van der Waals surface area contributed by atoms with Crippen LogP contribution < -0.4 is 4.74 Å². The van der Waals surface area contributed by atoms with Crippen LogP contribution in [0.2, 0.25) is 0 Å². The third-order valence-corrected chi connectivity index (χ3v) is 4.44. The summed E-state index contributed by atoms with van der Waals surface area (Å²) in [4.78, 5) is 14.1. The maximum absolute atomic E-state index is 11.7. The van der Waals surface area contributed by atoms with Crippen molar-refractivity contribution in [3.8, 4) is 5.75 Å². The number of halogens is 2. The summed E-state index contributed by atoms with van der Waals surface area (Å²) in [5, 5.41) is 0. The van der Waals surface area contributed by atoms with Crippen LogP contribution in [-0.2, 0) is 9.53 Å². The van der Waals surface area contributed by atoms with Crippen molar-refractivity contribution >= 4 is 34.3 Å². The minimum atomic E-state index is -0.0271. The number of nitrogens with zero attached hydrogens (tertiary/aromatic N) is 1. The summed E-state index contributed by atoms with van der Waals surface area (Å²) in [5.74, 6) is 0.972. The van der Waals surface area contributed by atoms with Crippen LogP contribution in [0.15, 0.2) is 28.7 Å². The summed E-state index contributed by atoms with van der Waals surface area (Å²) in [6.45, 7) is 6.03. The molecular formula is C17H25BrClNO3. The molecule has 1 aromatic rings. The van der Waals surface area contributed by atoms with E-state index >= 15 is 0 Å². The number of benzene rings is 1. The number of carbonyl (C=O) groups is 1. The second-order valence-electron chi connectivity index (χ2n) is 5.52. The molecule has 1 aliphatic heterocycles. The normalized spacial score (nSPS) is 15.7. The van der Waals surface area contributed by atoms with E-state index in [0.717, 1.165) is 55.7 Å². The van der Waals surface area contributed by atoms with Crippen molar-refractivity contribution in [2.75, 3.05) is 32.8 Å². The fourth-order valence-corrected chi connectivity index (χ4v) is 2.93. The number of hydrogen-bond donors (Lipinski definition) is 0. The average Bonchev–Trinajstić information content (AvgIpc) is 2.54. The van der Waals surface area contributed by atoms with Gasteiger partial charge in [0, 0.05) is 11.0 Å². The van der Waals surface area contributed by atoms with E-state index in [0.29, 0.717) is 6.61 Å². The van der Waals surface area contributed by atoms with Gasteiger partial charge in [0.2, 0.25) is 0 Å². The number of piperidine rings is 1. The Hall–Kier alpha value is -0.780. The second-order valence-corrected chi connectivity index (χ2v) is 6.44. The Morgan fingerprint density at radius 1 is 1.26 bits per heavy atom. The van der Waals surface area contributed by atoms with Crippen molar-refractivity contribution in [3.63, 3.8) is 0 Å². The Labute approximate surface area is 153 Å². The summed E-state index contributed by atoms with van der Waals surface area (Å²) in [5.41, 5.74) is 0.